The molecule has 3 aliphatic rings. The van der Waals surface area contributed by atoms with Crippen molar-refractivity contribution in [1.82, 2.24) is 20.9 Å². The lowest BCUT2D eigenvalue weighted by molar-refractivity contribution is -0.133. The summed E-state index contributed by atoms with van der Waals surface area (Å²) in [4.78, 5) is 28.1. The minimum Gasteiger partial charge on any atom is -0.504 e. The van der Waals surface area contributed by atoms with Crippen molar-refractivity contribution in [3.05, 3.63) is 45.5 Å². The summed E-state index contributed by atoms with van der Waals surface area (Å²) < 4.78 is 11.2. The number of phenolic OH excluding ortho intramolecular Hbond substituents is 2. The maximum absolute atomic E-state index is 13.4. The average molecular weight is 695 g/mol. The first kappa shape index (κ1) is 37.7. The van der Waals surface area contributed by atoms with Crippen LogP contribution in [-0.2, 0) is 22.4 Å². The van der Waals surface area contributed by atoms with Gasteiger partial charge in [-0.25, -0.2) is 0 Å². The number of benzene rings is 2. The molecule has 0 aromatic heterocycles. The van der Waals surface area contributed by atoms with Crippen molar-refractivity contribution in [1.29, 1.82) is 0 Å². The van der Waals surface area contributed by atoms with E-state index in [4.69, 9.17) is 9.47 Å². The van der Waals surface area contributed by atoms with Gasteiger partial charge in [-0.05, 0) is 62.3 Å². The molecule has 0 spiro atoms. The van der Waals surface area contributed by atoms with E-state index in [0.717, 1.165) is 47.1 Å². The van der Waals surface area contributed by atoms with Crippen molar-refractivity contribution in [2.75, 3.05) is 20.8 Å². The van der Waals surface area contributed by atoms with E-state index in [0.29, 0.717) is 36.3 Å². The van der Waals surface area contributed by atoms with Crippen molar-refractivity contribution in [3.8, 4) is 23.0 Å². The van der Waals surface area contributed by atoms with E-state index in [9.17, 15) is 24.9 Å². The molecule has 3 heterocycles. The van der Waals surface area contributed by atoms with Crippen molar-refractivity contribution < 1.29 is 34.4 Å². The Morgan fingerprint density at radius 3 is 2.06 bits per heavy atom. The normalized spacial score (nSPS) is 22.9. The fourth-order valence-corrected chi connectivity index (χ4v) is 8.53. The number of nitrogens with one attached hydrogen (secondary N) is 3. The van der Waals surface area contributed by atoms with Crippen LogP contribution in [0.15, 0.2) is 12.1 Å². The first-order chi connectivity index (χ1) is 24.0. The van der Waals surface area contributed by atoms with Crippen LogP contribution in [0.3, 0.4) is 0 Å². The predicted molar refractivity (Wildman–Crippen MR) is 193 cm³/mol. The maximum atomic E-state index is 13.4. The highest BCUT2D eigenvalue weighted by atomic mass is 16.5. The zero-order valence-electron chi connectivity index (χ0n) is 30.7. The van der Waals surface area contributed by atoms with Gasteiger partial charge in [0, 0.05) is 30.1 Å². The fourth-order valence-electron chi connectivity index (χ4n) is 8.53. The number of unbranched alkanes of at least 4 members (excludes halogenated alkanes) is 8. The zero-order valence-corrected chi connectivity index (χ0v) is 30.7. The van der Waals surface area contributed by atoms with E-state index < -0.39 is 18.3 Å². The Hall–Kier alpha value is -3.54. The second-order valence-corrected chi connectivity index (χ2v) is 14.5. The number of nitrogens with zero attached hydrogens (tertiary/aromatic N) is 1. The summed E-state index contributed by atoms with van der Waals surface area (Å²) in [6.07, 6.45) is 10.9. The van der Waals surface area contributed by atoms with E-state index in [1.165, 1.54) is 45.6 Å². The van der Waals surface area contributed by atoms with Crippen LogP contribution in [0.2, 0.25) is 0 Å². The molecule has 1 fully saturated rings. The molecule has 0 radical (unpaired) electrons. The number of piperazine rings is 1. The van der Waals surface area contributed by atoms with Gasteiger partial charge in [0.25, 0.3) is 0 Å². The second kappa shape index (κ2) is 16.7. The molecule has 2 amide bonds. The summed E-state index contributed by atoms with van der Waals surface area (Å²) in [7, 11) is 3.05. The standard InChI is InChI=1S/C39H58N4O7/c1-7-8-9-10-11-12-13-14-15-16-30(44)41-24(4)38(47)40-21-29-31-26(18-23(3)36(49-5)34(31)45)20-28-33-32-25(17-22(2)37(50-6)35(32)46)19-27(42-33)39(48)43(28)29/h17-18,24,27-29,33,39,42,45-46,48H,7-16,19-21H2,1-6H3,(H,40,47)(H,41,44)/t24-,27-,28-,29-,33-,39-/m0/s1. The van der Waals surface area contributed by atoms with Crippen molar-refractivity contribution >= 4 is 11.8 Å². The van der Waals surface area contributed by atoms with E-state index in [-0.39, 0.29) is 48.0 Å². The Bertz CT molecular complexity index is 1530. The topological polar surface area (TPSA) is 153 Å². The lowest BCUT2D eigenvalue weighted by Crippen LogP contribution is -2.69. The average Bonchev–Trinajstić information content (AvgIpc) is 3.08. The number of rotatable bonds is 16. The molecule has 0 aliphatic carbocycles. The quantitative estimate of drug-likeness (QED) is 0.131. The monoisotopic (exact) mass is 694 g/mol. The van der Waals surface area contributed by atoms with Crippen molar-refractivity contribution in [2.24, 2.45) is 0 Å². The predicted octanol–water partition coefficient (Wildman–Crippen LogP) is 5.13. The molecule has 1 saturated heterocycles. The third-order valence-electron chi connectivity index (χ3n) is 11.0. The number of amides is 2. The Kier molecular flexibility index (Phi) is 12.6. The Morgan fingerprint density at radius 2 is 1.46 bits per heavy atom. The first-order valence-electron chi connectivity index (χ1n) is 18.6. The van der Waals surface area contributed by atoms with Crippen molar-refractivity contribution in [3.63, 3.8) is 0 Å². The van der Waals surface area contributed by atoms with Crippen LogP contribution in [0.5, 0.6) is 23.0 Å². The van der Waals surface area contributed by atoms with Gasteiger partial charge in [-0.3, -0.25) is 14.5 Å². The molecule has 2 bridgehead atoms. The number of aryl methyl sites for hydroxylation is 2. The van der Waals surface area contributed by atoms with Gasteiger partial charge in [-0.15, -0.1) is 0 Å². The first-order valence-corrected chi connectivity index (χ1v) is 18.6. The van der Waals surface area contributed by atoms with E-state index in [1.54, 1.807) is 14.0 Å². The maximum Gasteiger partial charge on any atom is 0.242 e. The second-order valence-electron chi connectivity index (χ2n) is 14.5. The van der Waals surface area contributed by atoms with Crippen LogP contribution in [0.1, 0.15) is 124 Å². The highest BCUT2D eigenvalue weighted by molar-refractivity contribution is 5.87. The largest absolute Gasteiger partial charge is 0.504 e. The van der Waals surface area contributed by atoms with Gasteiger partial charge in [0.15, 0.2) is 23.0 Å². The molecule has 2 aromatic carbocycles. The van der Waals surface area contributed by atoms with Crippen LogP contribution < -0.4 is 25.4 Å². The number of aliphatic hydroxyl groups excluding tert-OH is 1. The van der Waals surface area contributed by atoms with Gasteiger partial charge in [0.2, 0.25) is 11.8 Å². The van der Waals surface area contributed by atoms with Crippen LogP contribution in [0, 0.1) is 13.8 Å². The number of fused-ring (bicyclic) bond motifs is 7. The lowest BCUT2D eigenvalue weighted by atomic mass is 9.74. The molecule has 11 heteroatoms. The van der Waals surface area contributed by atoms with E-state index in [2.05, 4.69) is 22.9 Å². The van der Waals surface area contributed by atoms with E-state index >= 15 is 0 Å². The summed E-state index contributed by atoms with van der Waals surface area (Å²) in [6, 6.07) is 1.61. The molecule has 6 atom stereocenters. The number of carbonyl (C=O) groups is 2. The minimum atomic E-state index is -0.954. The summed E-state index contributed by atoms with van der Waals surface area (Å²) in [6.45, 7) is 7.74. The summed E-state index contributed by atoms with van der Waals surface area (Å²) >= 11 is 0. The van der Waals surface area contributed by atoms with Crippen LogP contribution in [0.25, 0.3) is 0 Å². The number of hydrogen-bond acceptors (Lipinski definition) is 9. The number of phenols is 2. The molecule has 2 aromatic rings. The van der Waals surface area contributed by atoms with Gasteiger partial charge in [-0.1, -0.05) is 70.4 Å². The molecule has 0 unspecified atom stereocenters. The van der Waals surface area contributed by atoms with Crippen molar-refractivity contribution in [2.45, 2.75) is 141 Å². The molecular weight excluding hydrogens is 636 g/mol. The number of hydrogen-bond donors (Lipinski definition) is 6. The molecule has 6 N–H and O–H groups in total. The zero-order chi connectivity index (χ0) is 36.1. The third kappa shape index (κ3) is 7.70. The molecule has 0 saturated carbocycles. The summed E-state index contributed by atoms with van der Waals surface area (Å²) in [5.41, 5.74) is 4.78. The van der Waals surface area contributed by atoms with Crippen LogP contribution >= 0.6 is 0 Å². The van der Waals surface area contributed by atoms with Gasteiger partial charge < -0.3 is 40.7 Å². The number of methoxy groups -OCH3 is 2. The molecule has 5 rings (SSSR count). The van der Waals surface area contributed by atoms with Crippen LogP contribution in [-0.4, -0.2) is 77.2 Å². The molecule has 50 heavy (non-hydrogen) atoms. The third-order valence-corrected chi connectivity index (χ3v) is 11.0. The number of aliphatic hydroxyl groups is 1. The van der Waals surface area contributed by atoms with E-state index in [1.807, 2.05) is 30.9 Å². The molecule has 11 nitrogen and oxygen atoms in total. The Balaban J connectivity index is 1.31. The Morgan fingerprint density at radius 1 is 0.900 bits per heavy atom. The molecule has 276 valence electrons. The SMILES string of the molecule is CCCCCCCCCCCC(=O)N[C@@H](C)C(=O)NC[C@H]1c2c(cc(C)c(OC)c2O)C[C@H]2[C@@H]3N[C@@H](Cc4cc(C)c(OC)c(O)c43)[C@H](O)N12. The molecule has 3 aliphatic heterocycles. The summed E-state index contributed by atoms with van der Waals surface area (Å²) in [5, 5.41) is 44.4. The fraction of sp³-hybridized carbons (Fsp3) is 0.641. The smallest absolute Gasteiger partial charge is 0.242 e. The van der Waals surface area contributed by atoms with Gasteiger partial charge in [-0.2, -0.15) is 0 Å². The van der Waals surface area contributed by atoms with Gasteiger partial charge in [0.1, 0.15) is 12.3 Å². The highest BCUT2D eigenvalue weighted by Gasteiger charge is 2.52. The lowest BCUT2D eigenvalue weighted by Gasteiger charge is -2.56. The van der Waals surface area contributed by atoms with Gasteiger partial charge >= 0.3 is 0 Å². The number of carbonyl (C=O) groups excluding carboxylic acids is 2. The van der Waals surface area contributed by atoms with Crippen LogP contribution in [0.4, 0.5) is 0 Å². The Labute approximate surface area is 297 Å². The highest BCUT2D eigenvalue weighted by Crippen LogP contribution is 2.52. The minimum absolute atomic E-state index is 0.0149. The number of aromatic hydroxyl groups is 2. The number of ether oxygens (including phenoxy) is 2. The summed E-state index contributed by atoms with van der Waals surface area (Å²) in [5.74, 6) is 0.356. The van der Waals surface area contributed by atoms with Gasteiger partial charge in [0.05, 0.1) is 32.3 Å². The molecular formula is C39H58N4O7.